The van der Waals surface area contributed by atoms with E-state index in [1.165, 1.54) is 0 Å². The molecule has 31 heavy (non-hydrogen) atoms. The maximum atomic E-state index is 12.0. The number of hydrogen-bond donors (Lipinski definition) is 6. The Morgan fingerprint density at radius 2 is 1.52 bits per heavy atom. The van der Waals surface area contributed by atoms with Crippen LogP contribution in [-0.4, -0.2) is 79.0 Å². The van der Waals surface area contributed by atoms with Gasteiger partial charge in [0, 0.05) is 162 Å². The molecule has 169 valence electrons. The van der Waals surface area contributed by atoms with Gasteiger partial charge in [-0.15, -0.1) is 0 Å². The molecule has 10 heteroatoms. The molecule has 4 aliphatic rings. The maximum Gasteiger partial charge on any atom is 0.118 e. The molecule has 6 N–H and O–H groups in total. The first kappa shape index (κ1) is 32.8. The second-order valence-corrected chi connectivity index (χ2v) is 10.4. The van der Waals surface area contributed by atoms with E-state index in [1.807, 2.05) is 20.8 Å². The predicted molar refractivity (Wildman–Crippen MR) is 100 cm³/mol. The van der Waals surface area contributed by atoms with Crippen LogP contribution in [0.2, 0.25) is 0 Å². The minimum Gasteiger partial charge on any atom is -0.392 e. The van der Waals surface area contributed by atoms with Crippen LogP contribution in [0.15, 0.2) is 11.1 Å². The standard InChI is InChI=1S/C21H34O7.3Ac/c1-9-11(22)7-21(27)10(2)16-19(5,12(23)6-13-20(16,26)8-28-13)17(25)15(24)14(9)18(21,3)4;;;/h10-13,15-17,22-27H,6-8H2,1-5H3;;;/t10-,11?,12?,13?,15?,16?,17?,19+,20-,21?;;;/m0.../s1. The van der Waals surface area contributed by atoms with Gasteiger partial charge in [0.2, 0.25) is 0 Å². The molecule has 2 bridgehead atoms. The first-order valence-corrected chi connectivity index (χ1v) is 10.2. The topological polar surface area (TPSA) is 131 Å². The molecule has 3 radical (unpaired) electrons. The molecule has 0 aromatic rings. The largest absolute Gasteiger partial charge is 0.392 e. The van der Waals surface area contributed by atoms with Crippen LogP contribution in [0, 0.1) is 155 Å². The average molecular weight is 1080 g/mol. The Morgan fingerprint density at radius 3 is 2.00 bits per heavy atom. The zero-order valence-corrected chi connectivity index (χ0v) is 33.2. The van der Waals surface area contributed by atoms with Crippen molar-refractivity contribution in [1.29, 1.82) is 0 Å². The molecular formula is C21H34Ac3O7. The summed E-state index contributed by atoms with van der Waals surface area (Å²) in [6.07, 6.45) is -5.10. The number of rotatable bonds is 0. The quantitative estimate of drug-likeness (QED) is 0.184. The molecule has 1 aliphatic heterocycles. The monoisotopic (exact) mass is 1080 g/mol. The van der Waals surface area contributed by atoms with E-state index >= 15 is 0 Å². The number of aliphatic hydroxyl groups excluding tert-OH is 4. The third kappa shape index (κ3) is 4.23. The Morgan fingerprint density at radius 1 is 0.968 bits per heavy atom. The predicted octanol–water partition coefficient (Wildman–Crippen LogP) is -0.287. The molecule has 7 nitrogen and oxygen atoms in total. The van der Waals surface area contributed by atoms with Crippen molar-refractivity contribution in [2.75, 3.05) is 6.61 Å². The summed E-state index contributed by atoms with van der Waals surface area (Å²) in [4.78, 5) is 0. The van der Waals surface area contributed by atoms with Gasteiger partial charge in [-0.1, -0.05) is 27.7 Å². The Balaban J connectivity index is 0.00000160. The number of fused-ring (bicyclic) bond motifs is 5. The molecule has 2 saturated carbocycles. The normalized spacial score (nSPS) is 52.5. The van der Waals surface area contributed by atoms with E-state index in [-0.39, 0.29) is 152 Å². The summed E-state index contributed by atoms with van der Waals surface area (Å²) in [6, 6.07) is 0. The maximum absolute atomic E-state index is 12.0. The van der Waals surface area contributed by atoms with Crippen LogP contribution in [-0.2, 0) is 4.74 Å². The van der Waals surface area contributed by atoms with Crippen LogP contribution >= 0.6 is 0 Å². The van der Waals surface area contributed by atoms with Crippen LogP contribution in [0.5, 0.6) is 0 Å². The zero-order chi connectivity index (χ0) is 21.0. The van der Waals surface area contributed by atoms with Crippen molar-refractivity contribution < 1.29 is 168 Å². The summed E-state index contributed by atoms with van der Waals surface area (Å²) in [5.74, 6) is -1.32. The van der Waals surface area contributed by atoms with Gasteiger partial charge >= 0.3 is 0 Å². The summed E-state index contributed by atoms with van der Waals surface area (Å²) in [7, 11) is 0. The second-order valence-electron chi connectivity index (χ2n) is 10.4. The van der Waals surface area contributed by atoms with Gasteiger partial charge in [0.15, 0.2) is 0 Å². The Bertz CT molecular complexity index is 734. The van der Waals surface area contributed by atoms with Crippen LogP contribution in [0.4, 0.5) is 0 Å². The van der Waals surface area contributed by atoms with Crippen molar-refractivity contribution >= 4 is 0 Å². The van der Waals surface area contributed by atoms with Gasteiger partial charge < -0.3 is 35.4 Å². The number of aliphatic hydroxyl groups is 6. The summed E-state index contributed by atoms with van der Waals surface area (Å²) in [6.45, 7) is 8.88. The van der Waals surface area contributed by atoms with Crippen molar-refractivity contribution in [3.05, 3.63) is 11.1 Å². The molecule has 4 rings (SSSR count). The molecule has 3 aliphatic carbocycles. The van der Waals surface area contributed by atoms with Crippen molar-refractivity contribution in [3.63, 3.8) is 0 Å². The Labute approximate surface area is 291 Å². The molecule has 3 fully saturated rings. The fourth-order valence-corrected chi connectivity index (χ4v) is 7.23. The van der Waals surface area contributed by atoms with Crippen LogP contribution in [0.3, 0.4) is 0 Å². The molecule has 0 spiro atoms. The number of hydrogen-bond acceptors (Lipinski definition) is 7. The van der Waals surface area contributed by atoms with Crippen molar-refractivity contribution in [3.8, 4) is 0 Å². The van der Waals surface area contributed by atoms with Gasteiger partial charge in [-0.05, 0) is 24.0 Å². The average Bonchev–Trinajstić information content (AvgIpc) is 2.60. The first-order valence-electron chi connectivity index (χ1n) is 10.2. The summed E-state index contributed by atoms with van der Waals surface area (Å²) >= 11 is 0. The van der Waals surface area contributed by atoms with Gasteiger partial charge in [0.1, 0.15) is 11.7 Å². The first-order chi connectivity index (χ1) is 12.7. The van der Waals surface area contributed by atoms with Gasteiger partial charge in [0.25, 0.3) is 0 Å². The van der Waals surface area contributed by atoms with Crippen LogP contribution < -0.4 is 0 Å². The van der Waals surface area contributed by atoms with Gasteiger partial charge in [-0.25, -0.2) is 0 Å². The van der Waals surface area contributed by atoms with E-state index in [0.717, 1.165) is 0 Å². The van der Waals surface area contributed by atoms with Gasteiger partial charge in [-0.3, -0.25) is 0 Å². The SMILES string of the molecule is CC1=C2C(O)C(O)[C@]3(C)C(O)CC4OC[C@@]4(O)C3[C@H](C)C(O)(CC1O)C2(C)C.[Ac].[Ac].[Ac]. The smallest absolute Gasteiger partial charge is 0.118 e. The van der Waals surface area contributed by atoms with Crippen molar-refractivity contribution in [1.82, 2.24) is 0 Å². The fourth-order valence-electron chi connectivity index (χ4n) is 7.23. The Hall–Kier alpha value is 3.78. The zero-order valence-electron chi connectivity index (χ0n) is 19.0. The van der Waals surface area contributed by atoms with E-state index in [9.17, 15) is 30.6 Å². The van der Waals surface area contributed by atoms with Gasteiger partial charge in [0.05, 0.1) is 36.6 Å². The molecular weight excluding hydrogens is 1050 g/mol. The van der Waals surface area contributed by atoms with E-state index < -0.39 is 64.4 Å². The minimum absolute atomic E-state index is 0. The van der Waals surface area contributed by atoms with E-state index in [4.69, 9.17) is 4.74 Å². The van der Waals surface area contributed by atoms with E-state index in [2.05, 4.69) is 0 Å². The van der Waals surface area contributed by atoms with Crippen LogP contribution in [0.1, 0.15) is 47.5 Å². The molecule has 0 amide bonds. The Kier molecular flexibility index (Phi) is 11.1. The van der Waals surface area contributed by atoms with Gasteiger partial charge in [-0.2, -0.15) is 0 Å². The summed E-state index contributed by atoms with van der Waals surface area (Å²) < 4.78 is 5.52. The molecule has 1 heterocycles. The molecule has 0 aromatic carbocycles. The van der Waals surface area contributed by atoms with Crippen molar-refractivity contribution in [2.24, 2.45) is 22.7 Å². The second kappa shape index (κ2) is 10.5. The summed E-state index contributed by atoms with van der Waals surface area (Å²) in [5.41, 5.74) is -4.02. The van der Waals surface area contributed by atoms with E-state index in [0.29, 0.717) is 11.1 Å². The third-order valence-electron chi connectivity index (χ3n) is 9.11. The minimum atomic E-state index is -1.46. The summed E-state index contributed by atoms with van der Waals surface area (Å²) in [5, 5.41) is 67.7. The van der Waals surface area contributed by atoms with Crippen LogP contribution in [0.25, 0.3) is 0 Å². The molecule has 10 atom stereocenters. The van der Waals surface area contributed by atoms with E-state index in [1.54, 1.807) is 13.8 Å². The van der Waals surface area contributed by atoms with Crippen molar-refractivity contribution in [2.45, 2.75) is 89.2 Å². The molecule has 1 saturated heterocycles. The third-order valence-corrected chi connectivity index (χ3v) is 9.11. The molecule has 7 unspecified atom stereocenters. The number of ether oxygens (including phenoxy) is 1. The fraction of sp³-hybridized carbons (Fsp3) is 0.905. The molecule has 0 aromatic heterocycles.